The summed E-state index contributed by atoms with van der Waals surface area (Å²) in [5.41, 5.74) is 8.02. The molecule has 3 aromatic rings. The minimum atomic E-state index is -0.230. The molecule has 1 N–H and O–H groups in total. The van der Waals surface area contributed by atoms with Gasteiger partial charge in [0.25, 0.3) is 5.91 Å². The first-order valence-electron chi connectivity index (χ1n) is 12.1. The van der Waals surface area contributed by atoms with Crippen LogP contribution in [-0.2, 0) is 6.42 Å². The molecule has 0 radical (unpaired) electrons. The summed E-state index contributed by atoms with van der Waals surface area (Å²) in [7, 11) is 0. The fourth-order valence-corrected chi connectivity index (χ4v) is 5.81. The van der Waals surface area contributed by atoms with Crippen LogP contribution in [0, 0.1) is 5.82 Å². The number of hydrogen-bond donors (Lipinski definition) is 1. The number of carbonyl (C=O) groups excluding carboxylic acids is 1. The molecule has 2 aliphatic heterocycles. The molecule has 5 rings (SSSR count). The Labute approximate surface area is 205 Å². The zero-order valence-corrected chi connectivity index (χ0v) is 20.0. The standard InChI is InChI=1S/C29H29FN2OS/c30-24-11-7-9-21(20-24)25-13-8-10-22-19-23(29(33)31-32-17-5-1-2-6-18-32)15-16-27(22)34-28-14-4-3-12-26(25)28/h3-4,7,9,11-16,19-20H,1-2,5-6,8,10,17-18H2,(H,31,33)/b25-13+. The molecule has 2 aliphatic rings. The molecule has 0 bridgehead atoms. The van der Waals surface area contributed by atoms with Crippen molar-refractivity contribution in [2.24, 2.45) is 0 Å². The van der Waals surface area contributed by atoms with Crippen molar-refractivity contribution in [1.82, 2.24) is 10.4 Å². The Kier molecular flexibility index (Phi) is 7.12. The van der Waals surface area contributed by atoms with Crippen LogP contribution in [0.4, 0.5) is 4.39 Å². The van der Waals surface area contributed by atoms with Gasteiger partial charge in [-0.05, 0) is 84.3 Å². The highest BCUT2D eigenvalue weighted by molar-refractivity contribution is 7.99. The lowest BCUT2D eigenvalue weighted by molar-refractivity contribution is 0.0794. The average Bonchev–Trinajstić information content (AvgIpc) is 3.07. The largest absolute Gasteiger partial charge is 0.285 e. The highest BCUT2D eigenvalue weighted by atomic mass is 32.2. The van der Waals surface area contributed by atoms with Crippen molar-refractivity contribution in [1.29, 1.82) is 0 Å². The molecule has 174 valence electrons. The number of nitrogens with zero attached hydrogens (tertiary/aromatic N) is 1. The molecule has 1 fully saturated rings. The first kappa shape index (κ1) is 22.9. The summed E-state index contributed by atoms with van der Waals surface area (Å²) in [4.78, 5) is 15.3. The van der Waals surface area contributed by atoms with Crippen LogP contribution in [0.3, 0.4) is 0 Å². The molecular weight excluding hydrogens is 443 g/mol. The number of amides is 1. The summed E-state index contributed by atoms with van der Waals surface area (Å²) in [5, 5.41) is 2.07. The van der Waals surface area contributed by atoms with Gasteiger partial charge in [-0.3, -0.25) is 10.2 Å². The van der Waals surface area contributed by atoms with E-state index in [9.17, 15) is 9.18 Å². The summed E-state index contributed by atoms with van der Waals surface area (Å²) < 4.78 is 14.0. The molecule has 0 aromatic heterocycles. The Bertz CT molecular complexity index is 1210. The normalized spacial score (nSPS) is 18.2. The maximum atomic E-state index is 14.0. The minimum Gasteiger partial charge on any atom is -0.285 e. The number of halogens is 1. The summed E-state index contributed by atoms with van der Waals surface area (Å²) in [6, 6.07) is 21.1. The Balaban J connectivity index is 1.44. The van der Waals surface area contributed by atoms with Gasteiger partial charge in [-0.1, -0.05) is 61.0 Å². The molecule has 0 spiro atoms. The SMILES string of the molecule is O=C(NN1CCCCCC1)c1ccc2c(c1)CC/C=C(\c1cccc(F)c1)c1ccccc1S2. The molecule has 3 nitrogen and oxygen atoms in total. The number of hydrogen-bond acceptors (Lipinski definition) is 3. The molecular formula is C29H29FN2OS. The van der Waals surface area contributed by atoms with Gasteiger partial charge in [0, 0.05) is 28.4 Å². The van der Waals surface area contributed by atoms with Crippen LogP contribution in [0.15, 0.2) is 82.6 Å². The summed E-state index contributed by atoms with van der Waals surface area (Å²) in [6.45, 7) is 1.83. The maximum absolute atomic E-state index is 14.0. The van der Waals surface area contributed by atoms with Gasteiger partial charge in [0.1, 0.15) is 5.82 Å². The van der Waals surface area contributed by atoms with E-state index in [-0.39, 0.29) is 11.7 Å². The Morgan fingerprint density at radius 3 is 2.53 bits per heavy atom. The van der Waals surface area contributed by atoms with E-state index in [2.05, 4.69) is 34.7 Å². The molecule has 2 heterocycles. The third-order valence-corrected chi connectivity index (χ3v) is 7.68. The molecule has 3 aromatic carbocycles. The highest BCUT2D eigenvalue weighted by Gasteiger charge is 2.18. The van der Waals surface area contributed by atoms with Crippen molar-refractivity contribution in [3.8, 4) is 0 Å². The van der Waals surface area contributed by atoms with Crippen molar-refractivity contribution in [3.05, 3.63) is 101 Å². The van der Waals surface area contributed by atoms with Crippen LogP contribution in [-0.4, -0.2) is 24.0 Å². The number of aryl methyl sites for hydroxylation is 1. The topological polar surface area (TPSA) is 32.3 Å². The van der Waals surface area contributed by atoms with Crippen molar-refractivity contribution in [3.63, 3.8) is 0 Å². The van der Waals surface area contributed by atoms with Gasteiger partial charge in [0.2, 0.25) is 0 Å². The van der Waals surface area contributed by atoms with Gasteiger partial charge in [-0.15, -0.1) is 0 Å². The molecule has 0 aliphatic carbocycles. The fraction of sp³-hybridized carbons (Fsp3) is 0.276. The number of carbonyl (C=O) groups is 1. The van der Waals surface area contributed by atoms with E-state index in [1.165, 1.54) is 24.5 Å². The first-order chi connectivity index (χ1) is 16.7. The minimum absolute atomic E-state index is 0.0361. The zero-order valence-electron chi connectivity index (χ0n) is 19.2. The highest BCUT2D eigenvalue weighted by Crippen LogP contribution is 2.40. The summed E-state index contributed by atoms with van der Waals surface area (Å²) >= 11 is 1.71. The number of nitrogens with one attached hydrogen (secondary N) is 1. The number of rotatable bonds is 3. The second-order valence-corrected chi connectivity index (χ2v) is 10.0. The molecule has 34 heavy (non-hydrogen) atoms. The predicted octanol–water partition coefficient (Wildman–Crippen LogP) is 6.88. The fourth-order valence-electron chi connectivity index (χ4n) is 4.71. The second kappa shape index (κ2) is 10.6. The van der Waals surface area contributed by atoms with E-state index in [1.54, 1.807) is 23.9 Å². The van der Waals surface area contributed by atoms with Crippen LogP contribution in [0.5, 0.6) is 0 Å². The molecule has 1 amide bonds. The summed E-state index contributed by atoms with van der Waals surface area (Å²) in [5.74, 6) is -0.266. The third-order valence-electron chi connectivity index (χ3n) is 6.48. The number of hydrazine groups is 1. The van der Waals surface area contributed by atoms with Gasteiger partial charge in [-0.2, -0.15) is 0 Å². The average molecular weight is 473 g/mol. The van der Waals surface area contributed by atoms with Crippen molar-refractivity contribution in [2.45, 2.75) is 48.3 Å². The van der Waals surface area contributed by atoms with E-state index < -0.39 is 0 Å². The smallest absolute Gasteiger partial charge is 0.265 e. The predicted molar refractivity (Wildman–Crippen MR) is 136 cm³/mol. The lowest BCUT2D eigenvalue weighted by Gasteiger charge is -2.21. The molecule has 0 atom stereocenters. The number of fused-ring (bicyclic) bond motifs is 2. The quantitative estimate of drug-likeness (QED) is 0.451. The van der Waals surface area contributed by atoms with Gasteiger partial charge in [-0.25, -0.2) is 9.40 Å². The van der Waals surface area contributed by atoms with Crippen LogP contribution >= 0.6 is 11.8 Å². The lowest BCUT2D eigenvalue weighted by Crippen LogP contribution is -2.42. The number of benzene rings is 3. The van der Waals surface area contributed by atoms with Crippen LogP contribution < -0.4 is 5.43 Å². The van der Waals surface area contributed by atoms with E-state index in [0.29, 0.717) is 5.56 Å². The van der Waals surface area contributed by atoms with Gasteiger partial charge in [0.15, 0.2) is 0 Å². The van der Waals surface area contributed by atoms with Crippen molar-refractivity contribution >= 4 is 23.2 Å². The summed E-state index contributed by atoms with van der Waals surface area (Å²) in [6.07, 6.45) is 8.54. The molecule has 0 unspecified atom stereocenters. The van der Waals surface area contributed by atoms with E-state index >= 15 is 0 Å². The Morgan fingerprint density at radius 2 is 1.71 bits per heavy atom. The van der Waals surface area contributed by atoms with Crippen LogP contribution in [0.2, 0.25) is 0 Å². The lowest BCUT2D eigenvalue weighted by atomic mass is 9.95. The molecule has 0 saturated carbocycles. The molecule has 1 saturated heterocycles. The van der Waals surface area contributed by atoms with Gasteiger partial charge in [0.05, 0.1) is 0 Å². The van der Waals surface area contributed by atoms with Crippen molar-refractivity contribution < 1.29 is 9.18 Å². The zero-order chi connectivity index (χ0) is 23.3. The van der Waals surface area contributed by atoms with Gasteiger partial charge >= 0.3 is 0 Å². The second-order valence-electron chi connectivity index (χ2n) is 8.93. The monoisotopic (exact) mass is 472 g/mol. The third kappa shape index (κ3) is 5.26. The van der Waals surface area contributed by atoms with Crippen LogP contribution in [0.25, 0.3) is 5.57 Å². The Morgan fingerprint density at radius 1 is 0.882 bits per heavy atom. The van der Waals surface area contributed by atoms with Crippen molar-refractivity contribution in [2.75, 3.05) is 13.1 Å². The maximum Gasteiger partial charge on any atom is 0.265 e. The van der Waals surface area contributed by atoms with Gasteiger partial charge < -0.3 is 0 Å². The number of allylic oxidation sites excluding steroid dienone is 1. The van der Waals surface area contributed by atoms with Crippen LogP contribution in [0.1, 0.15) is 59.2 Å². The van der Waals surface area contributed by atoms with E-state index in [0.717, 1.165) is 65.3 Å². The van der Waals surface area contributed by atoms with E-state index in [4.69, 9.17) is 0 Å². The van der Waals surface area contributed by atoms with E-state index in [1.807, 2.05) is 30.3 Å². The Hall–Kier alpha value is -2.89. The first-order valence-corrected chi connectivity index (χ1v) is 12.9. The molecule has 5 heteroatoms.